The normalized spacial score (nSPS) is 23.0. The second-order valence-corrected chi connectivity index (χ2v) is 10.6. The molecule has 1 saturated heterocycles. The largest absolute Gasteiger partial charge is 0.335 e. The first kappa shape index (κ1) is 18.8. The number of hydrogen-bond acceptors (Lipinski definition) is 4. The van der Waals surface area contributed by atoms with Crippen molar-refractivity contribution in [2.75, 3.05) is 17.3 Å². The standard InChI is InChI=1S/C19H27NO3S2/c1-14-7-8-18(11-15(14)2)24-12-19(21)20(16-5-3-4-6-16)17-9-10-25(22,23)13-17/h7-8,11,16-17H,3-6,9-10,12-13H2,1-2H3/t17-/m1/s1. The molecule has 2 aliphatic rings. The van der Waals surface area contributed by atoms with Crippen LogP contribution in [0.5, 0.6) is 0 Å². The van der Waals surface area contributed by atoms with E-state index in [-0.39, 0.29) is 29.5 Å². The Labute approximate surface area is 155 Å². The maximum Gasteiger partial charge on any atom is 0.233 e. The zero-order valence-electron chi connectivity index (χ0n) is 15.0. The number of carbonyl (C=O) groups is 1. The Morgan fingerprint density at radius 3 is 2.44 bits per heavy atom. The molecule has 3 rings (SSSR count). The van der Waals surface area contributed by atoms with Crippen LogP contribution in [0, 0.1) is 13.8 Å². The highest BCUT2D eigenvalue weighted by molar-refractivity contribution is 8.00. The van der Waals surface area contributed by atoms with E-state index in [2.05, 4.69) is 32.0 Å². The summed E-state index contributed by atoms with van der Waals surface area (Å²) in [6, 6.07) is 6.36. The number of hydrogen-bond donors (Lipinski definition) is 0. The summed E-state index contributed by atoms with van der Waals surface area (Å²) in [4.78, 5) is 16.0. The third kappa shape index (κ3) is 4.59. The molecule has 1 amide bonds. The summed E-state index contributed by atoms with van der Waals surface area (Å²) in [5.74, 6) is 0.842. The van der Waals surface area contributed by atoms with E-state index >= 15 is 0 Å². The van der Waals surface area contributed by atoms with Gasteiger partial charge in [0.25, 0.3) is 0 Å². The molecular weight excluding hydrogens is 354 g/mol. The van der Waals surface area contributed by atoms with E-state index in [0.717, 1.165) is 30.6 Å². The van der Waals surface area contributed by atoms with Crippen LogP contribution >= 0.6 is 11.8 Å². The van der Waals surface area contributed by atoms with Gasteiger partial charge in [0.15, 0.2) is 9.84 Å². The zero-order valence-corrected chi connectivity index (χ0v) is 16.7. The average molecular weight is 382 g/mol. The minimum Gasteiger partial charge on any atom is -0.335 e. The van der Waals surface area contributed by atoms with Gasteiger partial charge in [0, 0.05) is 17.0 Å². The molecule has 0 spiro atoms. The molecule has 2 fully saturated rings. The Morgan fingerprint density at radius 2 is 1.84 bits per heavy atom. The Kier molecular flexibility index (Phi) is 5.78. The van der Waals surface area contributed by atoms with Gasteiger partial charge in [0.05, 0.1) is 17.3 Å². The molecule has 138 valence electrons. The Morgan fingerprint density at radius 1 is 1.12 bits per heavy atom. The molecule has 1 saturated carbocycles. The summed E-state index contributed by atoms with van der Waals surface area (Å²) < 4.78 is 23.8. The van der Waals surface area contributed by atoms with Gasteiger partial charge in [-0.25, -0.2) is 8.42 Å². The fourth-order valence-electron chi connectivity index (χ4n) is 3.91. The van der Waals surface area contributed by atoms with Crippen molar-refractivity contribution in [2.24, 2.45) is 0 Å². The first-order chi connectivity index (χ1) is 11.9. The van der Waals surface area contributed by atoms with Crippen LogP contribution in [-0.4, -0.2) is 48.6 Å². The minimum atomic E-state index is -2.98. The van der Waals surface area contributed by atoms with Gasteiger partial charge in [-0.1, -0.05) is 18.9 Å². The van der Waals surface area contributed by atoms with Gasteiger partial charge >= 0.3 is 0 Å². The molecule has 1 aliphatic heterocycles. The highest BCUT2D eigenvalue weighted by atomic mass is 32.2. The van der Waals surface area contributed by atoms with Crippen LogP contribution < -0.4 is 0 Å². The van der Waals surface area contributed by atoms with E-state index in [0.29, 0.717) is 12.2 Å². The fraction of sp³-hybridized carbons (Fsp3) is 0.632. The first-order valence-corrected chi connectivity index (χ1v) is 11.9. The van der Waals surface area contributed by atoms with Gasteiger partial charge in [0.1, 0.15) is 0 Å². The number of thioether (sulfide) groups is 1. The molecule has 1 aliphatic carbocycles. The van der Waals surface area contributed by atoms with Crippen molar-refractivity contribution in [3.8, 4) is 0 Å². The van der Waals surface area contributed by atoms with Gasteiger partial charge in [-0.05, 0) is 56.4 Å². The summed E-state index contributed by atoms with van der Waals surface area (Å²) in [6.45, 7) is 4.16. The van der Waals surface area contributed by atoms with Crippen LogP contribution in [0.2, 0.25) is 0 Å². The highest BCUT2D eigenvalue weighted by Gasteiger charge is 2.38. The zero-order chi connectivity index (χ0) is 18.0. The van der Waals surface area contributed by atoms with Crippen molar-refractivity contribution >= 4 is 27.5 Å². The van der Waals surface area contributed by atoms with Crippen LogP contribution in [0.1, 0.15) is 43.2 Å². The number of carbonyl (C=O) groups excluding carboxylic acids is 1. The van der Waals surface area contributed by atoms with Crippen molar-refractivity contribution in [3.63, 3.8) is 0 Å². The summed E-state index contributed by atoms with van der Waals surface area (Å²) in [5, 5.41) is 0. The van der Waals surface area contributed by atoms with Crippen LogP contribution in [0.25, 0.3) is 0 Å². The third-order valence-corrected chi connectivity index (χ3v) is 8.18. The van der Waals surface area contributed by atoms with Crippen molar-refractivity contribution in [1.82, 2.24) is 4.90 Å². The number of rotatable bonds is 5. The number of nitrogens with zero attached hydrogens (tertiary/aromatic N) is 1. The Balaban J connectivity index is 1.69. The van der Waals surface area contributed by atoms with Crippen molar-refractivity contribution in [1.29, 1.82) is 0 Å². The molecule has 4 nitrogen and oxygen atoms in total. The molecular formula is C19H27NO3S2. The molecule has 1 heterocycles. The SMILES string of the molecule is Cc1ccc(SCC(=O)N(C2CCCC2)[C@@H]2CCS(=O)(=O)C2)cc1C. The highest BCUT2D eigenvalue weighted by Crippen LogP contribution is 2.30. The summed E-state index contributed by atoms with van der Waals surface area (Å²) >= 11 is 1.56. The molecule has 6 heteroatoms. The lowest BCUT2D eigenvalue weighted by atomic mass is 10.1. The Hall–Kier alpha value is -1.01. The van der Waals surface area contributed by atoms with E-state index in [4.69, 9.17) is 0 Å². The number of aryl methyl sites for hydroxylation is 2. The van der Waals surface area contributed by atoms with Gasteiger partial charge in [-0.3, -0.25) is 4.79 Å². The summed E-state index contributed by atoms with van der Waals surface area (Å²) in [7, 11) is -2.98. The van der Waals surface area contributed by atoms with Crippen LogP contribution in [0.15, 0.2) is 23.1 Å². The van der Waals surface area contributed by atoms with Crippen LogP contribution in [0.4, 0.5) is 0 Å². The van der Waals surface area contributed by atoms with E-state index in [1.54, 1.807) is 11.8 Å². The fourth-order valence-corrected chi connectivity index (χ4v) is 6.48. The molecule has 0 radical (unpaired) electrons. The first-order valence-electron chi connectivity index (χ1n) is 9.07. The number of sulfone groups is 1. The molecule has 0 bridgehead atoms. The lowest BCUT2D eigenvalue weighted by molar-refractivity contribution is -0.132. The van der Waals surface area contributed by atoms with Gasteiger partial charge in [-0.15, -0.1) is 11.8 Å². The van der Waals surface area contributed by atoms with Crippen molar-refractivity contribution < 1.29 is 13.2 Å². The molecule has 1 aromatic rings. The van der Waals surface area contributed by atoms with Crippen molar-refractivity contribution in [2.45, 2.75) is 62.9 Å². The topological polar surface area (TPSA) is 54.5 Å². The van der Waals surface area contributed by atoms with E-state index in [9.17, 15) is 13.2 Å². The number of amides is 1. The monoisotopic (exact) mass is 381 g/mol. The lowest BCUT2D eigenvalue weighted by Gasteiger charge is -2.34. The molecule has 0 unspecified atom stereocenters. The molecule has 1 atom stereocenters. The predicted octanol–water partition coefficient (Wildman–Crippen LogP) is 3.35. The number of benzene rings is 1. The summed E-state index contributed by atoms with van der Waals surface area (Å²) in [6.07, 6.45) is 4.89. The second-order valence-electron chi connectivity index (χ2n) is 7.33. The molecule has 1 aromatic carbocycles. The Bertz CT molecular complexity index is 739. The molecule has 0 N–H and O–H groups in total. The molecule has 0 aromatic heterocycles. The van der Waals surface area contributed by atoms with E-state index < -0.39 is 9.84 Å². The smallest absolute Gasteiger partial charge is 0.233 e. The van der Waals surface area contributed by atoms with Crippen LogP contribution in [0.3, 0.4) is 0 Å². The third-order valence-electron chi connectivity index (χ3n) is 5.45. The van der Waals surface area contributed by atoms with Gasteiger partial charge in [-0.2, -0.15) is 0 Å². The average Bonchev–Trinajstić information content (AvgIpc) is 3.19. The second kappa shape index (κ2) is 7.70. The minimum absolute atomic E-state index is 0.0947. The lowest BCUT2D eigenvalue weighted by Crippen LogP contribution is -2.47. The molecule has 25 heavy (non-hydrogen) atoms. The summed E-state index contributed by atoms with van der Waals surface area (Å²) in [5.41, 5.74) is 2.48. The van der Waals surface area contributed by atoms with Gasteiger partial charge < -0.3 is 4.90 Å². The predicted molar refractivity (Wildman–Crippen MR) is 103 cm³/mol. The van der Waals surface area contributed by atoms with E-state index in [1.807, 2.05) is 4.90 Å². The van der Waals surface area contributed by atoms with Crippen LogP contribution in [-0.2, 0) is 14.6 Å². The van der Waals surface area contributed by atoms with Gasteiger partial charge in [0.2, 0.25) is 5.91 Å². The van der Waals surface area contributed by atoms with E-state index in [1.165, 1.54) is 11.1 Å². The quantitative estimate of drug-likeness (QED) is 0.734. The maximum atomic E-state index is 13.0. The van der Waals surface area contributed by atoms with Crippen molar-refractivity contribution in [3.05, 3.63) is 29.3 Å². The maximum absolute atomic E-state index is 13.0.